The molecule has 0 aliphatic heterocycles. The first kappa shape index (κ1) is 16.4. The molecule has 1 aromatic carbocycles. The molecule has 1 aromatic rings. The summed E-state index contributed by atoms with van der Waals surface area (Å²) in [6.07, 6.45) is -10.0. The molecule has 20 heavy (non-hydrogen) atoms. The average molecular weight is 303 g/mol. The van der Waals surface area contributed by atoms with Gasteiger partial charge in [0.2, 0.25) is 0 Å². The largest absolute Gasteiger partial charge is 0.573 e. The van der Waals surface area contributed by atoms with Crippen LogP contribution in [0.25, 0.3) is 0 Å². The average Bonchev–Trinajstić information content (AvgIpc) is 2.24. The van der Waals surface area contributed by atoms with Crippen LogP contribution >= 0.6 is 0 Å². The molecule has 9 heteroatoms. The van der Waals surface area contributed by atoms with E-state index in [1.54, 1.807) is 0 Å². The van der Waals surface area contributed by atoms with E-state index in [2.05, 4.69) is 14.8 Å². The normalized spacial score (nSPS) is 14.0. The molecule has 0 saturated heterocycles. The van der Waals surface area contributed by atoms with Crippen molar-refractivity contribution in [2.45, 2.75) is 25.7 Å². The molecule has 114 valence electrons. The topological polar surface area (TPSA) is 30.5 Å². The van der Waals surface area contributed by atoms with Crippen LogP contribution in [-0.4, -0.2) is 19.8 Å². The number of hydrogen-bond donors (Lipinski definition) is 1. The maximum Gasteiger partial charge on any atom is 0.573 e. The summed E-state index contributed by atoms with van der Waals surface area (Å²) in [6.45, 7) is 1.38. The molecule has 0 radical (unpaired) electrons. The molecule has 0 heterocycles. The molecule has 0 aromatic heterocycles. The third kappa shape index (κ3) is 4.80. The van der Waals surface area contributed by atoms with Crippen molar-refractivity contribution in [2.75, 3.05) is 7.05 Å². The molecular weight excluding hydrogens is 292 g/mol. The Labute approximate surface area is 110 Å². The fraction of sp³-hybridized carbons (Fsp3) is 0.455. The lowest BCUT2D eigenvalue weighted by molar-refractivity contribution is -0.277. The van der Waals surface area contributed by atoms with E-state index in [0.29, 0.717) is 0 Å². The van der Waals surface area contributed by atoms with Gasteiger partial charge in [0, 0.05) is 6.04 Å². The first-order valence-electron chi connectivity index (χ1n) is 5.35. The molecule has 0 bridgehead atoms. The van der Waals surface area contributed by atoms with Crippen LogP contribution < -0.4 is 14.8 Å². The zero-order valence-electron chi connectivity index (χ0n) is 10.4. The number of halogens is 6. The van der Waals surface area contributed by atoms with Gasteiger partial charge in [-0.05, 0) is 26.1 Å². The summed E-state index contributed by atoms with van der Waals surface area (Å²) >= 11 is 0. The van der Waals surface area contributed by atoms with Gasteiger partial charge in [-0.1, -0.05) is 6.07 Å². The number of rotatable bonds is 4. The highest BCUT2D eigenvalue weighted by Crippen LogP contribution is 2.38. The second-order valence-corrected chi connectivity index (χ2v) is 3.77. The number of hydrogen-bond acceptors (Lipinski definition) is 3. The molecule has 0 aliphatic carbocycles. The summed E-state index contributed by atoms with van der Waals surface area (Å²) in [5.41, 5.74) is -0.371. The standard InChI is InChI=1S/C11H11F6NO2/c1-6(18-2)9-7(19-10(12,13)14)4-3-5-8(9)20-11(15,16)17/h3-6,18H,1-2H3. The van der Waals surface area contributed by atoms with Crippen molar-refractivity contribution in [1.82, 2.24) is 5.32 Å². The summed E-state index contributed by atoms with van der Waals surface area (Å²) in [6, 6.07) is 1.97. The van der Waals surface area contributed by atoms with E-state index in [9.17, 15) is 26.3 Å². The van der Waals surface area contributed by atoms with E-state index in [-0.39, 0.29) is 5.56 Å². The molecular formula is C11H11F6NO2. The van der Waals surface area contributed by atoms with Crippen LogP contribution in [0, 0.1) is 0 Å². The SMILES string of the molecule is CNC(C)c1c(OC(F)(F)F)cccc1OC(F)(F)F. The van der Waals surface area contributed by atoms with Crippen molar-refractivity contribution < 1.29 is 35.8 Å². The second kappa shape index (κ2) is 5.78. The maximum absolute atomic E-state index is 12.3. The van der Waals surface area contributed by atoms with Crippen molar-refractivity contribution in [3.8, 4) is 11.5 Å². The minimum absolute atomic E-state index is 0.371. The van der Waals surface area contributed by atoms with Crippen molar-refractivity contribution in [3.63, 3.8) is 0 Å². The number of alkyl halides is 6. The predicted octanol–water partition coefficient (Wildman–Crippen LogP) is 3.76. The Hall–Kier alpha value is -1.64. The first-order valence-corrected chi connectivity index (χ1v) is 5.35. The summed E-state index contributed by atoms with van der Waals surface area (Å²) in [7, 11) is 1.38. The lowest BCUT2D eigenvalue weighted by atomic mass is 10.1. The van der Waals surface area contributed by atoms with E-state index in [4.69, 9.17) is 0 Å². The monoisotopic (exact) mass is 303 g/mol. The molecule has 1 N–H and O–H groups in total. The van der Waals surface area contributed by atoms with Gasteiger partial charge in [-0.15, -0.1) is 26.3 Å². The van der Waals surface area contributed by atoms with Crippen LogP contribution in [0.3, 0.4) is 0 Å². The van der Waals surface area contributed by atoms with Crippen molar-refractivity contribution in [1.29, 1.82) is 0 Å². The van der Waals surface area contributed by atoms with Gasteiger partial charge in [0.15, 0.2) is 0 Å². The Kier molecular flexibility index (Phi) is 4.74. The Morgan fingerprint density at radius 1 is 0.950 bits per heavy atom. The molecule has 0 spiro atoms. The lowest BCUT2D eigenvalue weighted by Gasteiger charge is -2.21. The summed E-state index contributed by atoms with van der Waals surface area (Å²) in [5.74, 6) is -1.50. The molecule has 0 fully saturated rings. The van der Waals surface area contributed by atoms with E-state index >= 15 is 0 Å². The number of nitrogens with one attached hydrogen (secondary N) is 1. The van der Waals surface area contributed by atoms with Gasteiger partial charge in [0.1, 0.15) is 11.5 Å². The van der Waals surface area contributed by atoms with E-state index < -0.39 is 30.3 Å². The van der Waals surface area contributed by atoms with Crippen LogP contribution in [0.4, 0.5) is 26.3 Å². The van der Waals surface area contributed by atoms with Crippen LogP contribution in [0.1, 0.15) is 18.5 Å². The van der Waals surface area contributed by atoms with Gasteiger partial charge in [0.25, 0.3) is 0 Å². The van der Waals surface area contributed by atoms with Gasteiger partial charge >= 0.3 is 12.7 Å². The minimum atomic E-state index is -5.01. The Morgan fingerprint density at radius 3 is 1.65 bits per heavy atom. The highest BCUT2D eigenvalue weighted by molar-refractivity contribution is 5.47. The first-order chi connectivity index (χ1) is 9.03. The van der Waals surface area contributed by atoms with Gasteiger partial charge < -0.3 is 14.8 Å². The molecule has 0 saturated carbocycles. The van der Waals surface area contributed by atoms with Crippen molar-refractivity contribution in [2.24, 2.45) is 0 Å². The zero-order valence-corrected chi connectivity index (χ0v) is 10.4. The fourth-order valence-electron chi connectivity index (χ4n) is 1.52. The second-order valence-electron chi connectivity index (χ2n) is 3.77. The Morgan fingerprint density at radius 2 is 1.35 bits per heavy atom. The van der Waals surface area contributed by atoms with Crippen molar-refractivity contribution >= 4 is 0 Å². The van der Waals surface area contributed by atoms with Gasteiger partial charge in [0.05, 0.1) is 5.56 Å². The lowest BCUT2D eigenvalue weighted by Crippen LogP contribution is -2.23. The van der Waals surface area contributed by atoms with Gasteiger partial charge in [-0.25, -0.2) is 0 Å². The molecule has 1 atom stereocenters. The Bertz CT molecular complexity index is 423. The number of benzene rings is 1. The highest BCUT2D eigenvalue weighted by Gasteiger charge is 2.36. The summed E-state index contributed by atoms with van der Waals surface area (Å²) in [4.78, 5) is 0. The highest BCUT2D eigenvalue weighted by atomic mass is 19.4. The summed E-state index contributed by atoms with van der Waals surface area (Å²) in [5, 5.41) is 2.54. The van der Waals surface area contributed by atoms with Crippen LogP contribution in [-0.2, 0) is 0 Å². The van der Waals surface area contributed by atoms with Gasteiger partial charge in [-0.3, -0.25) is 0 Å². The zero-order chi connectivity index (χ0) is 15.6. The third-order valence-electron chi connectivity index (χ3n) is 2.34. The molecule has 1 unspecified atom stereocenters. The summed E-state index contributed by atoms with van der Waals surface area (Å²) < 4.78 is 81.0. The van der Waals surface area contributed by atoms with Crippen LogP contribution in [0.5, 0.6) is 11.5 Å². The maximum atomic E-state index is 12.3. The molecule has 1 rings (SSSR count). The smallest absolute Gasteiger partial charge is 0.405 e. The van der Waals surface area contributed by atoms with Crippen molar-refractivity contribution in [3.05, 3.63) is 23.8 Å². The van der Waals surface area contributed by atoms with E-state index in [1.165, 1.54) is 14.0 Å². The third-order valence-corrected chi connectivity index (χ3v) is 2.34. The van der Waals surface area contributed by atoms with Crippen LogP contribution in [0.2, 0.25) is 0 Å². The molecule has 3 nitrogen and oxygen atoms in total. The quantitative estimate of drug-likeness (QED) is 0.859. The molecule has 0 aliphatic rings. The fourth-order valence-corrected chi connectivity index (χ4v) is 1.52. The van der Waals surface area contributed by atoms with E-state index in [0.717, 1.165) is 18.2 Å². The van der Waals surface area contributed by atoms with Crippen LogP contribution in [0.15, 0.2) is 18.2 Å². The minimum Gasteiger partial charge on any atom is -0.405 e. The number of ether oxygens (including phenoxy) is 2. The predicted molar refractivity (Wildman–Crippen MR) is 57.3 cm³/mol. The Balaban J connectivity index is 3.27. The van der Waals surface area contributed by atoms with Gasteiger partial charge in [-0.2, -0.15) is 0 Å². The van der Waals surface area contributed by atoms with E-state index in [1.807, 2.05) is 0 Å². The molecule has 0 amide bonds.